The summed E-state index contributed by atoms with van der Waals surface area (Å²) in [4.78, 5) is 11.4. The first-order chi connectivity index (χ1) is 10.2. The van der Waals surface area contributed by atoms with Crippen molar-refractivity contribution in [2.45, 2.75) is 45.6 Å². The predicted molar refractivity (Wildman–Crippen MR) is 87.4 cm³/mol. The van der Waals surface area contributed by atoms with Crippen molar-refractivity contribution >= 4 is 5.97 Å². The lowest BCUT2D eigenvalue weighted by atomic mass is 9.57. The maximum atomic E-state index is 11.5. The van der Waals surface area contributed by atoms with Crippen molar-refractivity contribution in [1.29, 1.82) is 0 Å². The minimum Gasteiger partial charge on any atom is -0.478 e. The van der Waals surface area contributed by atoms with Gasteiger partial charge in [-0.3, -0.25) is 0 Å². The molecule has 120 valence electrons. The van der Waals surface area contributed by atoms with Crippen molar-refractivity contribution in [2.24, 2.45) is 17.3 Å². The van der Waals surface area contributed by atoms with E-state index in [-0.39, 0.29) is 11.5 Å². The second kappa shape index (κ2) is 5.88. The molecule has 0 unspecified atom stereocenters. The molecule has 0 bridgehead atoms. The zero-order valence-corrected chi connectivity index (χ0v) is 13.7. The molecule has 1 aliphatic carbocycles. The summed E-state index contributed by atoms with van der Waals surface area (Å²) in [6.07, 6.45) is 1.94. The van der Waals surface area contributed by atoms with Gasteiger partial charge < -0.3 is 10.2 Å². The van der Waals surface area contributed by atoms with Crippen molar-refractivity contribution < 1.29 is 15.0 Å². The van der Waals surface area contributed by atoms with Crippen molar-refractivity contribution in [3.05, 3.63) is 48.0 Å². The summed E-state index contributed by atoms with van der Waals surface area (Å²) < 4.78 is 0. The largest absolute Gasteiger partial charge is 0.478 e. The summed E-state index contributed by atoms with van der Waals surface area (Å²) >= 11 is 0. The Hall–Kier alpha value is -1.61. The van der Waals surface area contributed by atoms with Crippen LogP contribution in [0.3, 0.4) is 0 Å². The molecule has 22 heavy (non-hydrogen) atoms. The first-order valence-electron chi connectivity index (χ1n) is 7.91. The van der Waals surface area contributed by atoms with Crippen LogP contribution in [0.25, 0.3) is 0 Å². The SMILES string of the molecule is C=C(C(=O)O)[C@]1(C)CC[C@@H](C(C)C)[C@@](O)(c2ccccc2)C1. The van der Waals surface area contributed by atoms with Gasteiger partial charge in [-0.05, 0) is 36.7 Å². The number of carboxylic acids is 1. The van der Waals surface area contributed by atoms with Gasteiger partial charge in [0.1, 0.15) is 0 Å². The number of hydrogen-bond acceptors (Lipinski definition) is 2. The number of aliphatic carboxylic acids is 1. The van der Waals surface area contributed by atoms with Crippen molar-refractivity contribution in [2.75, 3.05) is 0 Å². The lowest BCUT2D eigenvalue weighted by Crippen LogP contribution is -2.48. The van der Waals surface area contributed by atoms with Crippen LogP contribution in [0.4, 0.5) is 0 Å². The molecule has 1 fully saturated rings. The van der Waals surface area contributed by atoms with Crippen LogP contribution in [0.2, 0.25) is 0 Å². The summed E-state index contributed by atoms with van der Waals surface area (Å²) in [6.45, 7) is 9.92. The van der Waals surface area contributed by atoms with Gasteiger partial charge >= 0.3 is 5.97 Å². The quantitative estimate of drug-likeness (QED) is 0.827. The molecule has 3 heteroatoms. The topological polar surface area (TPSA) is 57.5 Å². The Morgan fingerprint density at radius 3 is 2.41 bits per heavy atom. The van der Waals surface area contributed by atoms with Crippen LogP contribution in [-0.4, -0.2) is 16.2 Å². The highest BCUT2D eigenvalue weighted by Gasteiger charge is 2.51. The Morgan fingerprint density at radius 1 is 1.32 bits per heavy atom. The third-order valence-corrected chi connectivity index (χ3v) is 5.35. The normalized spacial score (nSPS) is 32.0. The second-order valence-corrected chi connectivity index (χ2v) is 7.20. The molecular weight excluding hydrogens is 276 g/mol. The monoisotopic (exact) mass is 302 g/mol. The van der Waals surface area contributed by atoms with Gasteiger partial charge in [0.05, 0.1) is 5.60 Å². The maximum absolute atomic E-state index is 11.5. The van der Waals surface area contributed by atoms with Gasteiger partial charge in [0, 0.05) is 11.0 Å². The molecule has 2 N–H and O–H groups in total. The Bertz CT molecular complexity index is 563. The fraction of sp³-hybridized carbons (Fsp3) is 0.526. The lowest BCUT2D eigenvalue weighted by molar-refractivity contribution is -0.137. The average Bonchev–Trinajstić information content (AvgIpc) is 2.46. The van der Waals surface area contributed by atoms with Crippen LogP contribution in [0, 0.1) is 17.3 Å². The van der Waals surface area contributed by atoms with Crippen LogP contribution in [0.15, 0.2) is 42.5 Å². The molecular formula is C19H26O3. The molecule has 3 atom stereocenters. The fourth-order valence-electron chi connectivity index (χ4n) is 3.97. The van der Waals surface area contributed by atoms with E-state index in [0.717, 1.165) is 18.4 Å². The van der Waals surface area contributed by atoms with Crippen molar-refractivity contribution in [3.63, 3.8) is 0 Å². The summed E-state index contributed by atoms with van der Waals surface area (Å²) in [5.41, 5.74) is -0.523. The number of benzene rings is 1. The van der Waals surface area contributed by atoms with Crippen LogP contribution in [-0.2, 0) is 10.4 Å². The smallest absolute Gasteiger partial charge is 0.331 e. The molecule has 1 aliphatic rings. The van der Waals surface area contributed by atoms with Crippen molar-refractivity contribution in [3.8, 4) is 0 Å². The van der Waals surface area contributed by atoms with Gasteiger partial charge in [-0.1, -0.05) is 57.7 Å². The minimum atomic E-state index is -1.01. The van der Waals surface area contributed by atoms with Gasteiger partial charge in [0.15, 0.2) is 0 Å². The first-order valence-corrected chi connectivity index (χ1v) is 7.91. The molecule has 0 amide bonds. The summed E-state index contributed by atoms with van der Waals surface area (Å²) in [5, 5.41) is 20.8. The van der Waals surface area contributed by atoms with E-state index in [4.69, 9.17) is 0 Å². The van der Waals surface area contributed by atoms with E-state index in [1.165, 1.54) is 0 Å². The van der Waals surface area contributed by atoms with E-state index in [1.807, 2.05) is 37.3 Å². The van der Waals surface area contributed by atoms with Gasteiger partial charge in [0.25, 0.3) is 0 Å². The standard InChI is InChI=1S/C19H26O3/c1-13(2)16-10-11-18(4,14(3)17(20)21)12-19(16,22)15-8-6-5-7-9-15/h5-9,13,16,22H,3,10-12H2,1-2,4H3,(H,20,21)/t16-,18+,19-/m0/s1. The highest BCUT2D eigenvalue weighted by Crippen LogP contribution is 2.54. The molecule has 2 rings (SSSR count). The van der Waals surface area contributed by atoms with E-state index in [0.29, 0.717) is 12.3 Å². The van der Waals surface area contributed by atoms with Gasteiger partial charge in [-0.2, -0.15) is 0 Å². The first kappa shape index (κ1) is 16.8. The van der Waals surface area contributed by atoms with E-state index in [2.05, 4.69) is 20.4 Å². The third kappa shape index (κ3) is 2.82. The molecule has 0 spiro atoms. The lowest BCUT2D eigenvalue weighted by Gasteiger charge is -2.50. The highest BCUT2D eigenvalue weighted by molar-refractivity contribution is 5.87. The number of rotatable bonds is 4. The van der Waals surface area contributed by atoms with E-state index in [9.17, 15) is 15.0 Å². The number of carbonyl (C=O) groups is 1. The maximum Gasteiger partial charge on any atom is 0.331 e. The second-order valence-electron chi connectivity index (χ2n) is 7.20. The molecule has 0 saturated heterocycles. The number of carboxylic acid groups (broad SMARTS) is 1. The molecule has 1 aromatic carbocycles. The van der Waals surface area contributed by atoms with E-state index in [1.54, 1.807) is 0 Å². The zero-order chi connectivity index (χ0) is 16.5. The molecule has 1 aromatic rings. The summed E-state index contributed by atoms with van der Waals surface area (Å²) in [6, 6.07) is 9.63. The molecule has 0 heterocycles. The van der Waals surface area contributed by atoms with Crippen LogP contribution in [0.1, 0.15) is 45.6 Å². The Labute approximate surface area is 132 Å². The fourth-order valence-corrected chi connectivity index (χ4v) is 3.97. The van der Waals surface area contributed by atoms with E-state index < -0.39 is 17.0 Å². The van der Waals surface area contributed by atoms with Crippen LogP contribution >= 0.6 is 0 Å². The minimum absolute atomic E-state index is 0.115. The van der Waals surface area contributed by atoms with Crippen LogP contribution < -0.4 is 0 Å². The molecule has 3 nitrogen and oxygen atoms in total. The zero-order valence-electron chi connectivity index (χ0n) is 13.7. The van der Waals surface area contributed by atoms with Gasteiger partial charge in [-0.25, -0.2) is 4.79 Å². The third-order valence-electron chi connectivity index (χ3n) is 5.35. The van der Waals surface area contributed by atoms with Crippen molar-refractivity contribution in [1.82, 2.24) is 0 Å². The van der Waals surface area contributed by atoms with Gasteiger partial charge in [0.2, 0.25) is 0 Å². The number of hydrogen-bond donors (Lipinski definition) is 2. The number of aliphatic hydroxyl groups is 1. The molecule has 0 radical (unpaired) electrons. The predicted octanol–water partition coefficient (Wildman–Crippen LogP) is 3.98. The molecule has 1 saturated carbocycles. The highest BCUT2D eigenvalue weighted by atomic mass is 16.4. The Balaban J connectivity index is 2.45. The van der Waals surface area contributed by atoms with Crippen LogP contribution in [0.5, 0.6) is 0 Å². The molecule has 0 aromatic heterocycles. The molecule has 0 aliphatic heterocycles. The van der Waals surface area contributed by atoms with E-state index >= 15 is 0 Å². The average molecular weight is 302 g/mol. The van der Waals surface area contributed by atoms with Gasteiger partial charge in [-0.15, -0.1) is 0 Å². The Kier molecular flexibility index (Phi) is 4.48. The summed E-state index contributed by atoms with van der Waals surface area (Å²) in [7, 11) is 0. The Morgan fingerprint density at radius 2 is 1.91 bits per heavy atom. The summed E-state index contributed by atoms with van der Waals surface area (Å²) in [5.74, 6) is -0.529.